The van der Waals surface area contributed by atoms with E-state index in [1.807, 2.05) is 0 Å². The van der Waals surface area contributed by atoms with Gasteiger partial charge in [0.1, 0.15) is 6.04 Å². The number of carbonyl (C=O) groups excluding carboxylic acids is 2. The Morgan fingerprint density at radius 3 is 2.45 bits per heavy atom. The number of benzene rings is 1. The predicted molar refractivity (Wildman–Crippen MR) is 72.8 cm³/mol. The summed E-state index contributed by atoms with van der Waals surface area (Å²) in [5, 5.41) is 14.1. The lowest BCUT2D eigenvalue weighted by atomic mass is 10.1. The van der Waals surface area contributed by atoms with E-state index in [0.717, 1.165) is 0 Å². The molecule has 0 saturated heterocycles. The molecule has 20 heavy (non-hydrogen) atoms. The third-order valence-corrected chi connectivity index (χ3v) is 2.62. The van der Waals surface area contributed by atoms with E-state index in [9.17, 15) is 9.59 Å². The van der Waals surface area contributed by atoms with Crippen LogP contribution in [0.4, 0.5) is 4.79 Å². The Morgan fingerprint density at radius 1 is 1.30 bits per heavy atom. The van der Waals surface area contributed by atoms with Crippen LogP contribution in [0.5, 0.6) is 0 Å². The molecule has 7 heteroatoms. The number of primary amides is 1. The topological polar surface area (TPSA) is 114 Å². The molecule has 110 valence electrons. The van der Waals surface area contributed by atoms with Crippen LogP contribution in [0.2, 0.25) is 0 Å². The number of carbonyl (C=O) groups is 2. The highest BCUT2D eigenvalue weighted by atomic mass is 16.5. The highest BCUT2D eigenvalue weighted by Gasteiger charge is 2.23. The van der Waals surface area contributed by atoms with Crippen LogP contribution in [0.15, 0.2) is 30.3 Å². The summed E-state index contributed by atoms with van der Waals surface area (Å²) in [4.78, 5) is 23.2. The Morgan fingerprint density at radius 2 is 1.95 bits per heavy atom. The molecule has 0 heterocycles. The van der Waals surface area contributed by atoms with Gasteiger partial charge in [0.2, 0.25) is 5.91 Å². The summed E-state index contributed by atoms with van der Waals surface area (Å²) in [6.07, 6.45) is 0. The molecule has 3 amide bonds. The van der Waals surface area contributed by atoms with E-state index >= 15 is 0 Å². The number of amides is 3. The normalized spacial score (nSPS) is 13.3. The van der Waals surface area contributed by atoms with Crippen molar-refractivity contribution in [3.63, 3.8) is 0 Å². The quantitative estimate of drug-likeness (QED) is 0.540. The molecule has 0 aliphatic heterocycles. The third-order valence-electron chi connectivity index (χ3n) is 2.62. The van der Waals surface area contributed by atoms with Crippen LogP contribution < -0.4 is 16.4 Å². The first-order chi connectivity index (χ1) is 9.58. The first-order valence-corrected chi connectivity index (χ1v) is 6.09. The molecule has 5 N–H and O–H groups in total. The zero-order valence-corrected chi connectivity index (χ0v) is 11.2. The van der Waals surface area contributed by atoms with E-state index in [1.165, 1.54) is 7.11 Å². The van der Waals surface area contributed by atoms with Crippen molar-refractivity contribution >= 4 is 11.9 Å². The fourth-order valence-electron chi connectivity index (χ4n) is 1.71. The average Bonchev–Trinajstić information content (AvgIpc) is 2.44. The molecule has 0 aliphatic rings. The van der Waals surface area contributed by atoms with E-state index in [-0.39, 0.29) is 13.2 Å². The van der Waals surface area contributed by atoms with Crippen LogP contribution in [0, 0.1) is 0 Å². The van der Waals surface area contributed by atoms with Gasteiger partial charge in [0.05, 0.1) is 19.3 Å². The number of nitrogens with two attached hydrogens (primary N) is 1. The van der Waals surface area contributed by atoms with Gasteiger partial charge in [0, 0.05) is 7.11 Å². The maximum Gasteiger partial charge on any atom is 0.313 e. The van der Waals surface area contributed by atoms with Crippen molar-refractivity contribution in [2.24, 2.45) is 5.73 Å². The summed E-state index contributed by atoms with van der Waals surface area (Å²) in [5.74, 6) is -0.467. The molecular formula is C13H19N3O4. The zero-order chi connectivity index (χ0) is 15.0. The van der Waals surface area contributed by atoms with Crippen LogP contribution in [-0.4, -0.2) is 43.4 Å². The number of urea groups is 1. The second-order valence-corrected chi connectivity index (χ2v) is 4.20. The molecule has 2 unspecified atom stereocenters. The van der Waals surface area contributed by atoms with Gasteiger partial charge in [-0.1, -0.05) is 30.3 Å². The summed E-state index contributed by atoms with van der Waals surface area (Å²) in [5.41, 5.74) is 5.68. The summed E-state index contributed by atoms with van der Waals surface area (Å²) < 4.78 is 4.88. The molecule has 2 atom stereocenters. The van der Waals surface area contributed by atoms with E-state index in [0.29, 0.717) is 5.56 Å². The van der Waals surface area contributed by atoms with Gasteiger partial charge < -0.3 is 26.2 Å². The maximum atomic E-state index is 12.2. The van der Waals surface area contributed by atoms with Gasteiger partial charge in [0.15, 0.2) is 0 Å². The minimum Gasteiger partial charge on any atom is -0.394 e. The molecule has 0 spiro atoms. The molecule has 0 radical (unpaired) electrons. The monoisotopic (exact) mass is 281 g/mol. The number of hydrogen-bond donors (Lipinski definition) is 4. The number of hydrogen-bond acceptors (Lipinski definition) is 4. The molecule has 0 aliphatic carbocycles. The molecule has 0 fully saturated rings. The van der Waals surface area contributed by atoms with Gasteiger partial charge in [-0.2, -0.15) is 0 Å². The predicted octanol–water partition coefficient (Wildman–Crippen LogP) is -0.480. The summed E-state index contributed by atoms with van der Waals surface area (Å²) >= 11 is 0. The Hall–Kier alpha value is -2.12. The molecular weight excluding hydrogens is 262 g/mol. The first-order valence-electron chi connectivity index (χ1n) is 6.09. The van der Waals surface area contributed by atoms with Crippen molar-refractivity contribution < 1.29 is 19.4 Å². The lowest BCUT2D eigenvalue weighted by Crippen LogP contribution is -2.48. The second kappa shape index (κ2) is 8.13. The van der Waals surface area contributed by atoms with Crippen LogP contribution in [0.1, 0.15) is 11.6 Å². The van der Waals surface area contributed by atoms with E-state index in [1.54, 1.807) is 30.3 Å². The second-order valence-electron chi connectivity index (χ2n) is 4.20. The van der Waals surface area contributed by atoms with E-state index < -0.39 is 24.0 Å². The van der Waals surface area contributed by atoms with Crippen molar-refractivity contribution in [2.75, 3.05) is 20.3 Å². The highest BCUT2D eigenvalue weighted by Crippen LogP contribution is 2.12. The zero-order valence-electron chi connectivity index (χ0n) is 11.2. The fourth-order valence-corrected chi connectivity index (χ4v) is 1.71. The molecule has 1 aromatic rings. The van der Waals surface area contributed by atoms with E-state index in [4.69, 9.17) is 15.6 Å². The van der Waals surface area contributed by atoms with Crippen LogP contribution >= 0.6 is 0 Å². The molecule has 1 rings (SSSR count). The number of ether oxygens (including phenoxy) is 1. The van der Waals surface area contributed by atoms with Crippen molar-refractivity contribution in [1.29, 1.82) is 0 Å². The van der Waals surface area contributed by atoms with Gasteiger partial charge in [-0.3, -0.25) is 4.79 Å². The molecule has 0 aromatic heterocycles. The van der Waals surface area contributed by atoms with Crippen molar-refractivity contribution in [3.8, 4) is 0 Å². The fraction of sp³-hybridized carbons (Fsp3) is 0.385. The minimum absolute atomic E-state index is 0.167. The molecule has 7 nitrogen and oxygen atoms in total. The van der Waals surface area contributed by atoms with Crippen LogP contribution in [-0.2, 0) is 9.53 Å². The van der Waals surface area contributed by atoms with E-state index in [2.05, 4.69) is 10.6 Å². The highest BCUT2D eigenvalue weighted by molar-refractivity contribution is 5.87. The third kappa shape index (κ3) is 4.87. The number of rotatable bonds is 7. The lowest BCUT2D eigenvalue weighted by molar-refractivity contribution is -0.124. The standard InChI is InChI=1S/C13H19N3O4/c1-20-8-10(7-17)15-12(18)11(16-13(14)19)9-5-3-2-4-6-9/h2-6,10-11,17H,7-8H2,1H3,(H,15,18)(H3,14,16,19). The lowest BCUT2D eigenvalue weighted by Gasteiger charge is -2.21. The summed E-state index contributed by atoms with van der Waals surface area (Å²) in [6, 6.07) is 6.42. The maximum absolute atomic E-state index is 12.2. The Kier molecular flexibility index (Phi) is 6.48. The first kappa shape index (κ1) is 15.9. The van der Waals surface area contributed by atoms with Crippen LogP contribution in [0.3, 0.4) is 0 Å². The molecule has 1 aromatic carbocycles. The number of nitrogens with one attached hydrogen (secondary N) is 2. The van der Waals surface area contributed by atoms with Crippen molar-refractivity contribution in [2.45, 2.75) is 12.1 Å². The smallest absolute Gasteiger partial charge is 0.313 e. The van der Waals surface area contributed by atoms with Crippen LogP contribution in [0.25, 0.3) is 0 Å². The van der Waals surface area contributed by atoms with Gasteiger partial charge in [0.25, 0.3) is 0 Å². The minimum atomic E-state index is -0.917. The Balaban J connectivity index is 2.82. The summed E-state index contributed by atoms with van der Waals surface area (Å²) in [7, 11) is 1.46. The number of aliphatic hydroxyl groups excluding tert-OH is 1. The van der Waals surface area contributed by atoms with Gasteiger partial charge in [-0.05, 0) is 5.56 Å². The Labute approximate surface area is 117 Å². The van der Waals surface area contributed by atoms with Crippen molar-refractivity contribution in [3.05, 3.63) is 35.9 Å². The molecule has 0 bridgehead atoms. The Bertz CT molecular complexity index is 439. The number of methoxy groups -OCH3 is 1. The SMILES string of the molecule is COCC(CO)NC(=O)C(NC(N)=O)c1ccccc1. The summed E-state index contributed by atoms with van der Waals surface area (Å²) in [6.45, 7) is -0.0992. The van der Waals surface area contributed by atoms with Gasteiger partial charge >= 0.3 is 6.03 Å². The molecule has 0 saturated carbocycles. The van der Waals surface area contributed by atoms with Gasteiger partial charge in [-0.25, -0.2) is 4.79 Å². The number of aliphatic hydroxyl groups is 1. The average molecular weight is 281 g/mol. The van der Waals surface area contributed by atoms with Gasteiger partial charge in [-0.15, -0.1) is 0 Å². The largest absolute Gasteiger partial charge is 0.394 e. The van der Waals surface area contributed by atoms with Crippen molar-refractivity contribution in [1.82, 2.24) is 10.6 Å².